The normalized spacial score (nSPS) is 22.5. The summed E-state index contributed by atoms with van der Waals surface area (Å²) in [5.74, 6) is -0.114. The summed E-state index contributed by atoms with van der Waals surface area (Å²) in [6.45, 7) is 0.629. The molecule has 4 heteroatoms. The van der Waals surface area contributed by atoms with Gasteiger partial charge in [0.2, 0.25) is 0 Å². The summed E-state index contributed by atoms with van der Waals surface area (Å²) >= 11 is 0. The molecule has 2 bridgehead atoms. The van der Waals surface area contributed by atoms with Crippen molar-refractivity contribution < 1.29 is 9.90 Å². The molecule has 0 spiro atoms. The first-order valence-corrected chi connectivity index (χ1v) is 4.95. The second-order valence-electron chi connectivity index (χ2n) is 3.79. The third kappa shape index (κ3) is 1.14. The molecular weight excluding hydrogens is 192 g/mol. The van der Waals surface area contributed by atoms with Crippen LogP contribution < -0.4 is 0 Å². The maximum absolute atomic E-state index is 10.8. The van der Waals surface area contributed by atoms with Crippen LogP contribution in [0.1, 0.15) is 12.8 Å². The Balaban J connectivity index is 2.04. The first-order chi connectivity index (χ1) is 7.25. The first-order valence-electron chi connectivity index (χ1n) is 4.95. The summed E-state index contributed by atoms with van der Waals surface area (Å²) < 4.78 is 0. The van der Waals surface area contributed by atoms with E-state index in [9.17, 15) is 4.79 Å². The van der Waals surface area contributed by atoms with Crippen LogP contribution >= 0.6 is 0 Å². The van der Waals surface area contributed by atoms with Crippen molar-refractivity contribution in [2.45, 2.75) is 12.8 Å². The lowest BCUT2D eigenvalue weighted by Gasteiger charge is -2.38. The van der Waals surface area contributed by atoms with Gasteiger partial charge in [0.25, 0.3) is 0 Å². The zero-order valence-corrected chi connectivity index (χ0v) is 8.10. The maximum atomic E-state index is 10.8. The Morgan fingerprint density at radius 3 is 2.93 bits per heavy atom. The van der Waals surface area contributed by atoms with Gasteiger partial charge in [-0.3, -0.25) is 0 Å². The van der Waals surface area contributed by atoms with Gasteiger partial charge in [-0.1, -0.05) is 6.08 Å². The Kier molecular flexibility index (Phi) is 1.59. The van der Waals surface area contributed by atoms with Gasteiger partial charge in [-0.05, 0) is 30.6 Å². The molecule has 1 N–H and O–H groups in total. The average Bonchev–Trinajstić information content (AvgIpc) is 2.30. The number of rotatable bonds is 1. The fourth-order valence-electron chi connectivity index (χ4n) is 2.16. The second kappa shape index (κ2) is 2.82. The summed E-state index contributed by atoms with van der Waals surface area (Å²) in [4.78, 5) is 17.1. The molecule has 0 radical (unpaired) electrons. The number of hydrogen-bond donors (Lipinski definition) is 1. The van der Waals surface area contributed by atoms with Crippen molar-refractivity contribution in [1.29, 1.82) is 0 Å². The van der Waals surface area contributed by atoms with Crippen LogP contribution in [-0.4, -0.2) is 28.4 Å². The molecule has 4 rings (SSSR count). The van der Waals surface area contributed by atoms with Crippen molar-refractivity contribution >= 4 is 11.8 Å². The van der Waals surface area contributed by atoms with E-state index in [1.807, 2.05) is 6.08 Å². The second-order valence-corrected chi connectivity index (χ2v) is 3.79. The number of carboxylic acids is 1. The van der Waals surface area contributed by atoms with Crippen molar-refractivity contribution in [2.75, 3.05) is 6.54 Å². The smallest absolute Gasteiger partial charge is 0.354 e. The van der Waals surface area contributed by atoms with E-state index in [4.69, 9.17) is 5.11 Å². The van der Waals surface area contributed by atoms with Gasteiger partial charge in [-0.2, -0.15) is 0 Å². The Labute approximate surface area is 86.9 Å². The Hall–Kier alpha value is -1.84. The molecule has 0 aromatic heterocycles. The zero-order chi connectivity index (χ0) is 10.4. The fraction of sp³-hybridized carbons (Fsp3) is 0.273. The predicted molar refractivity (Wildman–Crippen MR) is 55.3 cm³/mol. The number of fused-ring (bicyclic) bond motifs is 2. The number of nitrogens with zero attached hydrogens (tertiary/aromatic N) is 2. The molecule has 0 aromatic rings. The molecule has 1 saturated heterocycles. The van der Waals surface area contributed by atoms with Crippen molar-refractivity contribution in [3.05, 3.63) is 35.2 Å². The van der Waals surface area contributed by atoms with Crippen molar-refractivity contribution in [3.8, 4) is 0 Å². The zero-order valence-electron chi connectivity index (χ0n) is 8.10. The van der Waals surface area contributed by atoms with Crippen LogP contribution in [-0.2, 0) is 4.79 Å². The van der Waals surface area contributed by atoms with Gasteiger partial charge < -0.3 is 10.0 Å². The van der Waals surface area contributed by atoms with Crippen LogP contribution in [0.2, 0.25) is 0 Å². The topological polar surface area (TPSA) is 52.9 Å². The molecule has 15 heavy (non-hydrogen) atoms. The number of hydrogen-bond acceptors (Lipinski definition) is 3. The lowest BCUT2D eigenvalue weighted by atomic mass is 9.93. The first kappa shape index (κ1) is 8.47. The van der Waals surface area contributed by atoms with Crippen LogP contribution in [0.4, 0.5) is 0 Å². The standard InChI is InChI=1S/C11H10N2O2/c14-11(15)9-5-6-13-8-3-1-7(2-4-8)10(13)12-9/h1,3,5H,2,4,6H2,(H,14,15). The highest BCUT2D eigenvalue weighted by molar-refractivity contribution is 6.05. The van der Waals surface area contributed by atoms with Crippen molar-refractivity contribution in [1.82, 2.24) is 4.90 Å². The molecule has 4 aliphatic rings. The third-order valence-corrected chi connectivity index (χ3v) is 2.93. The van der Waals surface area contributed by atoms with Gasteiger partial charge in [0.15, 0.2) is 0 Å². The highest BCUT2D eigenvalue weighted by atomic mass is 16.4. The summed E-state index contributed by atoms with van der Waals surface area (Å²) in [6.07, 6.45) is 7.82. The van der Waals surface area contributed by atoms with Gasteiger partial charge in [-0.15, -0.1) is 0 Å². The van der Waals surface area contributed by atoms with Crippen LogP contribution in [0.15, 0.2) is 40.2 Å². The van der Waals surface area contributed by atoms with Crippen molar-refractivity contribution in [2.24, 2.45) is 4.99 Å². The van der Waals surface area contributed by atoms with E-state index in [1.54, 1.807) is 6.08 Å². The highest BCUT2D eigenvalue weighted by Crippen LogP contribution is 2.33. The summed E-state index contributed by atoms with van der Waals surface area (Å²) in [5.41, 5.74) is 2.55. The minimum Gasteiger partial charge on any atom is -0.477 e. The number of allylic oxidation sites excluding steroid dienone is 3. The average molecular weight is 202 g/mol. The highest BCUT2D eigenvalue weighted by Gasteiger charge is 2.30. The van der Waals surface area contributed by atoms with Gasteiger partial charge in [-0.25, -0.2) is 9.79 Å². The minimum absolute atomic E-state index is 0.162. The quantitative estimate of drug-likeness (QED) is 0.697. The van der Waals surface area contributed by atoms with Crippen molar-refractivity contribution in [3.63, 3.8) is 0 Å². The Bertz CT molecular complexity index is 469. The Morgan fingerprint density at radius 2 is 2.27 bits per heavy atom. The van der Waals surface area contributed by atoms with Gasteiger partial charge in [0.1, 0.15) is 11.5 Å². The fourth-order valence-corrected chi connectivity index (χ4v) is 2.16. The molecule has 0 aromatic carbocycles. The van der Waals surface area contributed by atoms with Crippen LogP contribution in [0.5, 0.6) is 0 Å². The molecule has 0 amide bonds. The molecular formula is C11H10N2O2. The largest absolute Gasteiger partial charge is 0.477 e. The lowest BCUT2D eigenvalue weighted by Crippen LogP contribution is -2.39. The van der Waals surface area contributed by atoms with Gasteiger partial charge in [0.05, 0.1) is 0 Å². The van der Waals surface area contributed by atoms with Gasteiger partial charge >= 0.3 is 5.97 Å². The van der Waals surface area contributed by atoms with E-state index < -0.39 is 5.97 Å². The molecule has 0 atom stereocenters. The van der Waals surface area contributed by atoms with E-state index >= 15 is 0 Å². The lowest BCUT2D eigenvalue weighted by molar-refractivity contribution is -0.132. The third-order valence-electron chi connectivity index (χ3n) is 2.93. The molecule has 1 aliphatic carbocycles. The van der Waals surface area contributed by atoms with E-state index in [0.29, 0.717) is 6.54 Å². The van der Waals surface area contributed by atoms with Crippen LogP contribution in [0, 0.1) is 0 Å². The number of carboxylic acid groups (broad SMARTS) is 1. The predicted octanol–water partition coefficient (Wildman–Crippen LogP) is 1.29. The van der Waals surface area contributed by atoms with E-state index in [0.717, 1.165) is 24.3 Å². The number of amidine groups is 1. The molecule has 0 saturated carbocycles. The number of aliphatic imine (C=N–C) groups is 1. The summed E-state index contributed by atoms with van der Waals surface area (Å²) in [6, 6.07) is 0. The molecule has 0 unspecified atom stereocenters. The monoisotopic (exact) mass is 202 g/mol. The molecule has 3 heterocycles. The van der Waals surface area contributed by atoms with E-state index in [1.165, 1.54) is 5.70 Å². The van der Waals surface area contributed by atoms with E-state index in [2.05, 4.69) is 16.0 Å². The maximum Gasteiger partial charge on any atom is 0.354 e. The van der Waals surface area contributed by atoms with Crippen LogP contribution in [0.25, 0.3) is 0 Å². The summed E-state index contributed by atoms with van der Waals surface area (Å²) in [7, 11) is 0. The van der Waals surface area contributed by atoms with Crippen LogP contribution in [0.3, 0.4) is 0 Å². The molecule has 3 aliphatic heterocycles. The number of carbonyl (C=O) groups is 1. The van der Waals surface area contributed by atoms with Gasteiger partial charge in [0, 0.05) is 12.2 Å². The summed E-state index contributed by atoms with van der Waals surface area (Å²) in [5, 5.41) is 8.87. The number of piperidine rings is 1. The number of aliphatic carboxylic acids is 1. The molecule has 76 valence electrons. The molecule has 4 nitrogen and oxygen atoms in total. The Morgan fingerprint density at radius 1 is 1.40 bits per heavy atom. The minimum atomic E-state index is -0.946. The molecule has 1 fully saturated rings. The van der Waals surface area contributed by atoms with E-state index in [-0.39, 0.29) is 5.70 Å². The SMILES string of the molecule is O=C(O)C1=CCN2C3=CC=C(CC3)C2=N1.